The van der Waals surface area contributed by atoms with E-state index in [2.05, 4.69) is 0 Å². The lowest BCUT2D eigenvalue weighted by molar-refractivity contribution is -0.120. The Morgan fingerprint density at radius 3 is 2.58 bits per heavy atom. The first kappa shape index (κ1) is 23.1. The van der Waals surface area contributed by atoms with Gasteiger partial charge in [0.15, 0.2) is 21.3 Å². The van der Waals surface area contributed by atoms with Crippen LogP contribution in [0, 0.1) is 0 Å². The lowest BCUT2D eigenvalue weighted by atomic mass is 9.89. The van der Waals surface area contributed by atoms with Crippen LogP contribution in [0.15, 0.2) is 36.4 Å². The minimum absolute atomic E-state index is 0.0767. The molecule has 1 heterocycles. The van der Waals surface area contributed by atoms with E-state index in [0.717, 1.165) is 5.56 Å². The van der Waals surface area contributed by atoms with Crippen LogP contribution in [0.3, 0.4) is 0 Å². The van der Waals surface area contributed by atoms with E-state index in [9.17, 15) is 18.0 Å². The maximum Gasteiger partial charge on any atom is 0.254 e. The number of rotatable bonds is 10. The molecule has 1 aliphatic carbocycles. The molecule has 33 heavy (non-hydrogen) atoms. The number of carbonyl (C=O) groups excluding carboxylic acids is 2. The Bertz CT molecular complexity index is 1200. The molecular weight excluding hydrogens is 444 g/mol. The van der Waals surface area contributed by atoms with E-state index < -0.39 is 21.2 Å². The molecule has 0 bridgehead atoms. The maximum absolute atomic E-state index is 13.1. The third kappa shape index (κ3) is 4.42. The molecule has 176 valence electrons. The highest BCUT2D eigenvalue weighted by atomic mass is 32.2. The normalized spacial score (nSPS) is 16.4. The number of primary amides is 1. The van der Waals surface area contributed by atoms with Gasteiger partial charge in [-0.05, 0) is 48.6 Å². The van der Waals surface area contributed by atoms with Crippen LogP contribution in [0.25, 0.3) is 0 Å². The first-order valence-electron chi connectivity index (χ1n) is 10.9. The number of amides is 2. The second-order valence-corrected chi connectivity index (χ2v) is 10.7. The Balaban J connectivity index is 1.46. The van der Waals surface area contributed by atoms with Gasteiger partial charge < -0.3 is 20.1 Å². The van der Waals surface area contributed by atoms with Gasteiger partial charge in [0.05, 0.1) is 30.6 Å². The average Bonchev–Trinajstić information content (AvgIpc) is 3.52. The first-order valence-corrected chi connectivity index (χ1v) is 12.7. The van der Waals surface area contributed by atoms with Crippen molar-refractivity contribution in [1.29, 1.82) is 0 Å². The van der Waals surface area contributed by atoms with Gasteiger partial charge in [-0.1, -0.05) is 24.3 Å². The lowest BCUT2D eigenvalue weighted by Gasteiger charge is -2.17. The van der Waals surface area contributed by atoms with E-state index in [1.54, 1.807) is 24.3 Å². The molecule has 1 saturated carbocycles. The molecule has 2 aromatic carbocycles. The van der Waals surface area contributed by atoms with Gasteiger partial charge in [-0.3, -0.25) is 9.59 Å². The number of methoxy groups -OCH3 is 1. The molecule has 8 nitrogen and oxygen atoms in total. The van der Waals surface area contributed by atoms with Crippen LogP contribution in [0.2, 0.25) is 0 Å². The third-order valence-electron chi connectivity index (χ3n) is 6.34. The molecular formula is C24H28N2O6S. The van der Waals surface area contributed by atoms with Crippen LogP contribution in [-0.2, 0) is 32.3 Å². The number of benzene rings is 2. The summed E-state index contributed by atoms with van der Waals surface area (Å²) in [6.07, 6.45) is 1.26. The standard InChI is InChI=1S/C24H28N2O6S/c1-3-32-20-13-16(7-8-19(20)31-2)15-33(29,30)12-11-26-14-17-5-4-6-18(21(17)22(26)27)24(9-10-24)23(25)28/h4-8,13H,3,9-12,14-15H2,1-2H3,(H2,25,28). The first-order chi connectivity index (χ1) is 15.7. The van der Waals surface area contributed by atoms with Crippen LogP contribution in [0.1, 0.15) is 46.8 Å². The Hall–Kier alpha value is -3.07. The van der Waals surface area contributed by atoms with Gasteiger partial charge in [-0.15, -0.1) is 0 Å². The summed E-state index contributed by atoms with van der Waals surface area (Å²) in [5, 5.41) is 0. The summed E-state index contributed by atoms with van der Waals surface area (Å²) in [6, 6.07) is 10.5. The molecule has 0 unspecified atom stereocenters. The molecule has 2 N–H and O–H groups in total. The molecule has 1 aliphatic heterocycles. The number of hydrogen-bond donors (Lipinski definition) is 1. The predicted octanol–water partition coefficient (Wildman–Crippen LogP) is 2.18. The number of nitrogens with zero attached hydrogens (tertiary/aromatic N) is 1. The highest BCUT2D eigenvalue weighted by molar-refractivity contribution is 7.90. The molecule has 0 radical (unpaired) electrons. The minimum atomic E-state index is -3.49. The van der Waals surface area contributed by atoms with Gasteiger partial charge in [-0.25, -0.2) is 8.42 Å². The molecule has 2 amide bonds. The van der Waals surface area contributed by atoms with Crippen molar-refractivity contribution in [3.8, 4) is 11.5 Å². The molecule has 0 aromatic heterocycles. The summed E-state index contributed by atoms with van der Waals surface area (Å²) in [4.78, 5) is 26.7. The van der Waals surface area contributed by atoms with Gasteiger partial charge in [0.1, 0.15) is 0 Å². The topological polar surface area (TPSA) is 116 Å². The van der Waals surface area contributed by atoms with Crippen LogP contribution < -0.4 is 15.2 Å². The fourth-order valence-corrected chi connectivity index (χ4v) is 5.76. The second kappa shape index (κ2) is 8.70. The Morgan fingerprint density at radius 2 is 1.94 bits per heavy atom. The number of fused-ring (bicyclic) bond motifs is 1. The molecule has 4 rings (SSSR count). The molecule has 9 heteroatoms. The van der Waals surface area contributed by atoms with Gasteiger partial charge >= 0.3 is 0 Å². The number of nitrogens with two attached hydrogens (primary N) is 1. The zero-order chi connectivity index (χ0) is 23.8. The van der Waals surface area contributed by atoms with Crippen molar-refractivity contribution in [2.45, 2.75) is 37.5 Å². The summed E-state index contributed by atoms with van der Waals surface area (Å²) in [5.74, 6) is 0.0377. The lowest BCUT2D eigenvalue weighted by Crippen LogP contribution is -2.32. The summed E-state index contributed by atoms with van der Waals surface area (Å²) >= 11 is 0. The van der Waals surface area contributed by atoms with Gasteiger partial charge in [0.2, 0.25) is 5.91 Å². The van der Waals surface area contributed by atoms with E-state index in [0.29, 0.717) is 54.2 Å². The SMILES string of the molecule is CCOc1cc(CS(=O)(=O)CCN2Cc3cccc(C4(C(N)=O)CC4)c3C2=O)ccc1OC. The number of ether oxygens (including phenoxy) is 2. The van der Waals surface area contributed by atoms with Gasteiger partial charge in [-0.2, -0.15) is 0 Å². The van der Waals surface area contributed by atoms with Crippen molar-refractivity contribution >= 4 is 21.7 Å². The Kier molecular flexibility index (Phi) is 6.09. The number of carbonyl (C=O) groups is 2. The smallest absolute Gasteiger partial charge is 0.254 e. The minimum Gasteiger partial charge on any atom is -0.493 e. The third-order valence-corrected chi connectivity index (χ3v) is 7.91. The average molecular weight is 473 g/mol. The van der Waals surface area contributed by atoms with Crippen molar-refractivity contribution in [2.75, 3.05) is 26.0 Å². The summed E-state index contributed by atoms with van der Waals surface area (Å²) < 4.78 is 36.4. The Labute approximate surface area is 193 Å². The van der Waals surface area contributed by atoms with E-state index in [-0.39, 0.29) is 24.0 Å². The highest BCUT2D eigenvalue weighted by Gasteiger charge is 2.52. The molecule has 2 aliphatic rings. The fourth-order valence-electron chi connectivity index (χ4n) is 4.43. The fraction of sp³-hybridized carbons (Fsp3) is 0.417. The summed E-state index contributed by atoms with van der Waals surface area (Å²) in [5.41, 5.74) is 7.42. The molecule has 2 aromatic rings. The van der Waals surface area contributed by atoms with Gasteiger partial charge in [0, 0.05) is 18.7 Å². The zero-order valence-corrected chi connectivity index (χ0v) is 19.6. The van der Waals surface area contributed by atoms with E-state index in [1.807, 2.05) is 19.1 Å². The van der Waals surface area contributed by atoms with Crippen LogP contribution in [-0.4, -0.2) is 51.1 Å². The van der Waals surface area contributed by atoms with Crippen molar-refractivity contribution in [1.82, 2.24) is 4.90 Å². The van der Waals surface area contributed by atoms with Crippen molar-refractivity contribution in [3.05, 3.63) is 58.7 Å². The van der Waals surface area contributed by atoms with Gasteiger partial charge in [0.25, 0.3) is 5.91 Å². The number of sulfone groups is 1. The highest BCUT2D eigenvalue weighted by Crippen LogP contribution is 2.50. The summed E-state index contributed by atoms with van der Waals surface area (Å²) in [7, 11) is -1.96. The van der Waals surface area contributed by atoms with Crippen molar-refractivity contribution in [3.63, 3.8) is 0 Å². The van der Waals surface area contributed by atoms with Crippen LogP contribution in [0.4, 0.5) is 0 Å². The van der Waals surface area contributed by atoms with E-state index >= 15 is 0 Å². The second-order valence-electron chi connectivity index (χ2n) is 8.52. The van der Waals surface area contributed by atoms with Crippen LogP contribution >= 0.6 is 0 Å². The van der Waals surface area contributed by atoms with E-state index in [1.165, 1.54) is 12.0 Å². The molecule has 0 saturated heterocycles. The Morgan fingerprint density at radius 1 is 1.18 bits per heavy atom. The molecule has 0 atom stereocenters. The van der Waals surface area contributed by atoms with Crippen molar-refractivity contribution in [2.24, 2.45) is 5.73 Å². The predicted molar refractivity (Wildman–Crippen MR) is 123 cm³/mol. The monoisotopic (exact) mass is 472 g/mol. The zero-order valence-electron chi connectivity index (χ0n) is 18.8. The largest absolute Gasteiger partial charge is 0.493 e. The quantitative estimate of drug-likeness (QED) is 0.567. The number of hydrogen-bond acceptors (Lipinski definition) is 6. The summed E-state index contributed by atoms with van der Waals surface area (Å²) in [6.45, 7) is 2.67. The van der Waals surface area contributed by atoms with Crippen LogP contribution in [0.5, 0.6) is 11.5 Å². The molecule has 1 fully saturated rings. The van der Waals surface area contributed by atoms with Crippen molar-refractivity contribution < 1.29 is 27.5 Å². The molecule has 0 spiro atoms. The maximum atomic E-state index is 13.1. The van der Waals surface area contributed by atoms with E-state index in [4.69, 9.17) is 15.2 Å².